The number of carbonyl (C=O) groups is 1. The SMILES string of the molecule is Cc1ccc([C@@H](NC(=O)OC(C)(C)C)[C@H](C#N)c2ccccc2[N+](=O)[O-])cc1. The minimum Gasteiger partial charge on any atom is -0.444 e. The number of nitro groups is 1. The Bertz CT molecular complexity index is 895. The summed E-state index contributed by atoms with van der Waals surface area (Å²) in [4.78, 5) is 23.3. The first-order valence-electron chi connectivity index (χ1n) is 8.81. The van der Waals surface area contributed by atoms with Crippen molar-refractivity contribution in [1.82, 2.24) is 5.32 Å². The van der Waals surface area contributed by atoms with Crippen LogP contribution < -0.4 is 5.32 Å². The zero-order valence-corrected chi connectivity index (χ0v) is 16.3. The van der Waals surface area contributed by atoms with Crippen molar-refractivity contribution in [1.29, 1.82) is 5.26 Å². The zero-order chi connectivity index (χ0) is 20.9. The van der Waals surface area contributed by atoms with E-state index in [0.29, 0.717) is 5.56 Å². The molecular weight excluding hydrogens is 358 g/mol. The Kier molecular flexibility index (Phi) is 6.37. The lowest BCUT2D eigenvalue weighted by molar-refractivity contribution is -0.385. The maximum absolute atomic E-state index is 12.4. The van der Waals surface area contributed by atoms with E-state index in [9.17, 15) is 20.2 Å². The van der Waals surface area contributed by atoms with Gasteiger partial charge in [0.05, 0.1) is 17.0 Å². The minimum atomic E-state index is -0.975. The van der Waals surface area contributed by atoms with Crippen LogP contribution in [0.2, 0.25) is 0 Å². The predicted octanol–water partition coefficient (Wildman–Crippen LogP) is 4.78. The number of nitrogens with zero attached hydrogens (tertiary/aromatic N) is 2. The summed E-state index contributed by atoms with van der Waals surface area (Å²) in [6.07, 6.45) is -0.697. The molecule has 146 valence electrons. The number of hydrogen-bond donors (Lipinski definition) is 1. The van der Waals surface area contributed by atoms with Crippen LogP contribution in [-0.4, -0.2) is 16.6 Å². The fraction of sp³-hybridized carbons (Fsp3) is 0.333. The average Bonchev–Trinajstić information content (AvgIpc) is 2.61. The van der Waals surface area contributed by atoms with Gasteiger partial charge in [0, 0.05) is 11.6 Å². The van der Waals surface area contributed by atoms with Crippen molar-refractivity contribution in [2.45, 2.75) is 45.3 Å². The molecule has 28 heavy (non-hydrogen) atoms. The van der Waals surface area contributed by atoms with Gasteiger partial charge in [-0.2, -0.15) is 5.26 Å². The molecule has 7 heteroatoms. The average molecular weight is 381 g/mol. The number of hydrogen-bond acceptors (Lipinski definition) is 5. The van der Waals surface area contributed by atoms with Crippen molar-refractivity contribution < 1.29 is 14.5 Å². The third kappa shape index (κ3) is 5.30. The maximum Gasteiger partial charge on any atom is 0.408 e. The first kappa shape index (κ1) is 20.9. The van der Waals surface area contributed by atoms with Crippen LogP contribution in [0.25, 0.3) is 0 Å². The van der Waals surface area contributed by atoms with Gasteiger partial charge >= 0.3 is 6.09 Å². The minimum absolute atomic E-state index is 0.169. The van der Waals surface area contributed by atoms with Crippen LogP contribution in [0.4, 0.5) is 10.5 Å². The van der Waals surface area contributed by atoms with E-state index >= 15 is 0 Å². The van der Waals surface area contributed by atoms with Crippen LogP contribution in [0.5, 0.6) is 0 Å². The molecule has 0 aromatic heterocycles. The summed E-state index contributed by atoms with van der Waals surface area (Å²) >= 11 is 0. The van der Waals surface area contributed by atoms with Gasteiger partial charge in [-0.25, -0.2) is 4.79 Å². The molecule has 0 spiro atoms. The smallest absolute Gasteiger partial charge is 0.408 e. The summed E-state index contributed by atoms with van der Waals surface area (Å²) in [5.74, 6) is -0.975. The summed E-state index contributed by atoms with van der Waals surface area (Å²) in [6, 6.07) is 14.6. The number of nitro benzene ring substituents is 1. The van der Waals surface area contributed by atoms with E-state index in [1.165, 1.54) is 18.2 Å². The van der Waals surface area contributed by atoms with Crippen LogP contribution in [0, 0.1) is 28.4 Å². The van der Waals surface area contributed by atoms with Gasteiger partial charge in [0.25, 0.3) is 5.69 Å². The number of amides is 1. The quantitative estimate of drug-likeness (QED) is 0.593. The van der Waals surface area contributed by atoms with Gasteiger partial charge in [0.2, 0.25) is 0 Å². The molecule has 0 aliphatic carbocycles. The highest BCUT2D eigenvalue weighted by atomic mass is 16.6. The second kappa shape index (κ2) is 8.53. The third-order valence-electron chi connectivity index (χ3n) is 4.05. The molecule has 2 aromatic carbocycles. The first-order chi connectivity index (χ1) is 13.1. The molecule has 0 aliphatic heterocycles. The molecular formula is C21H23N3O4. The van der Waals surface area contributed by atoms with Crippen molar-refractivity contribution in [3.8, 4) is 6.07 Å². The highest BCUT2D eigenvalue weighted by Gasteiger charge is 2.32. The van der Waals surface area contributed by atoms with Crippen LogP contribution in [0.3, 0.4) is 0 Å². The Morgan fingerprint density at radius 3 is 2.32 bits per heavy atom. The van der Waals surface area contributed by atoms with Crippen LogP contribution in [0.15, 0.2) is 48.5 Å². The summed E-state index contributed by atoms with van der Waals surface area (Å²) in [7, 11) is 0. The van der Waals surface area contributed by atoms with Crippen molar-refractivity contribution in [2.75, 3.05) is 0 Å². The number of alkyl carbamates (subject to hydrolysis) is 1. The lowest BCUT2D eigenvalue weighted by atomic mass is 9.87. The molecule has 2 rings (SSSR count). The normalized spacial score (nSPS) is 13.1. The van der Waals surface area contributed by atoms with Gasteiger partial charge in [0.15, 0.2) is 0 Å². The van der Waals surface area contributed by atoms with Crippen LogP contribution in [-0.2, 0) is 4.74 Å². The van der Waals surface area contributed by atoms with E-state index in [-0.39, 0.29) is 11.3 Å². The van der Waals surface area contributed by atoms with Crippen LogP contribution >= 0.6 is 0 Å². The largest absolute Gasteiger partial charge is 0.444 e. The van der Waals surface area contributed by atoms with E-state index < -0.39 is 28.6 Å². The zero-order valence-electron chi connectivity index (χ0n) is 16.3. The monoisotopic (exact) mass is 381 g/mol. The predicted molar refractivity (Wildman–Crippen MR) is 105 cm³/mol. The lowest BCUT2D eigenvalue weighted by Gasteiger charge is -2.26. The lowest BCUT2D eigenvalue weighted by Crippen LogP contribution is -2.37. The molecule has 0 aliphatic rings. The van der Waals surface area contributed by atoms with Gasteiger partial charge in [-0.1, -0.05) is 48.0 Å². The molecule has 0 heterocycles. The van der Waals surface area contributed by atoms with E-state index in [0.717, 1.165) is 5.56 Å². The van der Waals surface area contributed by atoms with Crippen molar-refractivity contribution in [2.24, 2.45) is 0 Å². The Labute approximate surface area is 164 Å². The van der Waals surface area contributed by atoms with Gasteiger partial charge < -0.3 is 10.1 Å². The first-order valence-corrected chi connectivity index (χ1v) is 8.81. The van der Waals surface area contributed by atoms with Gasteiger partial charge in [-0.3, -0.25) is 10.1 Å². The molecule has 0 saturated heterocycles. The Morgan fingerprint density at radius 2 is 1.79 bits per heavy atom. The summed E-state index contributed by atoms with van der Waals surface area (Å²) < 4.78 is 5.33. The second-order valence-electron chi connectivity index (χ2n) is 7.46. The van der Waals surface area contributed by atoms with Crippen molar-refractivity contribution in [3.63, 3.8) is 0 Å². The summed E-state index contributed by atoms with van der Waals surface area (Å²) in [5, 5.41) is 24.0. The number of benzene rings is 2. The van der Waals surface area contributed by atoms with Crippen molar-refractivity contribution in [3.05, 3.63) is 75.3 Å². The van der Waals surface area contributed by atoms with Crippen LogP contribution in [0.1, 0.15) is 49.4 Å². The molecule has 7 nitrogen and oxygen atoms in total. The summed E-state index contributed by atoms with van der Waals surface area (Å²) in [5.41, 5.74) is 1.01. The standard InChI is InChI=1S/C21H23N3O4/c1-14-9-11-15(12-10-14)19(23-20(25)28-21(2,3)4)17(13-22)16-7-5-6-8-18(16)24(26)27/h5-12,17,19H,1-4H3,(H,23,25)/t17-,19-/m1/s1. The molecule has 1 N–H and O–H groups in total. The number of nitrogens with one attached hydrogen (secondary N) is 1. The fourth-order valence-electron chi connectivity index (χ4n) is 2.81. The molecule has 0 unspecified atom stereocenters. The molecule has 0 bridgehead atoms. The second-order valence-corrected chi connectivity index (χ2v) is 7.46. The highest BCUT2D eigenvalue weighted by Crippen LogP contribution is 2.36. The maximum atomic E-state index is 12.4. The van der Waals surface area contributed by atoms with E-state index in [1.807, 2.05) is 19.1 Å². The topological polar surface area (TPSA) is 105 Å². The fourth-order valence-corrected chi connectivity index (χ4v) is 2.81. The molecule has 2 atom stereocenters. The number of aryl methyl sites for hydroxylation is 1. The Hall–Kier alpha value is -3.40. The molecule has 0 fully saturated rings. The molecule has 1 amide bonds. The van der Waals surface area contributed by atoms with E-state index in [2.05, 4.69) is 11.4 Å². The highest BCUT2D eigenvalue weighted by molar-refractivity contribution is 5.69. The molecule has 0 radical (unpaired) electrons. The number of para-hydroxylation sites is 1. The van der Waals surface area contributed by atoms with Gasteiger partial charge in [0.1, 0.15) is 11.5 Å². The van der Waals surface area contributed by atoms with E-state index in [1.54, 1.807) is 39.0 Å². The Balaban J connectivity index is 2.50. The van der Waals surface area contributed by atoms with Gasteiger partial charge in [-0.15, -0.1) is 0 Å². The number of carbonyl (C=O) groups excluding carboxylic acids is 1. The summed E-state index contributed by atoms with van der Waals surface area (Å²) in [6.45, 7) is 7.12. The number of nitriles is 1. The Morgan fingerprint density at radius 1 is 1.18 bits per heavy atom. The number of rotatable bonds is 5. The molecule has 0 saturated carbocycles. The molecule has 2 aromatic rings. The third-order valence-corrected chi connectivity index (χ3v) is 4.05. The van der Waals surface area contributed by atoms with Crippen molar-refractivity contribution >= 4 is 11.8 Å². The number of ether oxygens (including phenoxy) is 1. The van der Waals surface area contributed by atoms with Gasteiger partial charge in [-0.05, 0) is 33.3 Å². The van der Waals surface area contributed by atoms with E-state index in [4.69, 9.17) is 4.74 Å².